The van der Waals surface area contributed by atoms with Crippen LogP contribution in [0.15, 0.2) is 12.3 Å². The maximum atomic E-state index is 8.89. The summed E-state index contributed by atoms with van der Waals surface area (Å²) in [5, 5.41) is 8.89. The number of nitrogens with zero attached hydrogens (tertiary/aromatic N) is 2. The van der Waals surface area contributed by atoms with Gasteiger partial charge in [-0.3, -0.25) is 0 Å². The first-order chi connectivity index (χ1) is 7.88. The molecule has 0 spiro atoms. The topological polar surface area (TPSA) is 73.7 Å². The maximum Gasteiger partial charge on any atom is 0.316 e. The molecule has 0 unspecified atom stereocenters. The van der Waals surface area contributed by atoms with Crippen molar-refractivity contribution in [2.45, 2.75) is 12.7 Å². The first-order valence-corrected chi connectivity index (χ1v) is 5.13. The summed E-state index contributed by atoms with van der Waals surface area (Å²) >= 11 is 0. The molecule has 88 valence electrons. The molecule has 0 aromatic carbocycles. The van der Waals surface area contributed by atoms with Gasteiger partial charge >= 0.3 is 6.01 Å². The van der Waals surface area contributed by atoms with Crippen molar-refractivity contribution in [1.82, 2.24) is 9.97 Å². The minimum atomic E-state index is -0.123. The molecule has 16 heavy (non-hydrogen) atoms. The Bertz CT molecular complexity index is 328. The zero-order valence-corrected chi connectivity index (χ0v) is 8.83. The van der Waals surface area contributed by atoms with Crippen molar-refractivity contribution < 1.29 is 19.3 Å². The van der Waals surface area contributed by atoms with E-state index in [0.717, 1.165) is 0 Å². The van der Waals surface area contributed by atoms with Crippen LogP contribution in [0.1, 0.15) is 5.69 Å². The fourth-order valence-corrected chi connectivity index (χ4v) is 1.33. The zero-order chi connectivity index (χ0) is 11.2. The van der Waals surface area contributed by atoms with Crippen molar-refractivity contribution in [3.8, 4) is 6.01 Å². The first-order valence-electron chi connectivity index (χ1n) is 5.13. The third kappa shape index (κ3) is 3.13. The molecule has 0 aliphatic carbocycles. The average Bonchev–Trinajstić information content (AvgIpc) is 2.38. The number of rotatable bonds is 4. The molecule has 2 heterocycles. The van der Waals surface area contributed by atoms with Gasteiger partial charge < -0.3 is 19.3 Å². The van der Waals surface area contributed by atoms with Gasteiger partial charge in [0.15, 0.2) is 0 Å². The molecular weight excluding hydrogens is 212 g/mol. The van der Waals surface area contributed by atoms with E-state index in [4.69, 9.17) is 19.3 Å². The van der Waals surface area contributed by atoms with Gasteiger partial charge in [0, 0.05) is 6.20 Å². The van der Waals surface area contributed by atoms with Crippen molar-refractivity contribution in [3.05, 3.63) is 18.0 Å². The molecule has 1 N–H and O–H groups in total. The van der Waals surface area contributed by atoms with Gasteiger partial charge in [-0.15, -0.1) is 0 Å². The van der Waals surface area contributed by atoms with Gasteiger partial charge in [-0.2, -0.15) is 4.98 Å². The highest BCUT2D eigenvalue weighted by Crippen LogP contribution is 2.06. The predicted octanol–water partition coefficient (Wildman–Crippen LogP) is -0.237. The van der Waals surface area contributed by atoms with Crippen LogP contribution in [0.4, 0.5) is 0 Å². The average molecular weight is 226 g/mol. The van der Waals surface area contributed by atoms with E-state index in [-0.39, 0.29) is 18.7 Å². The van der Waals surface area contributed by atoms with Crippen LogP contribution in [0.25, 0.3) is 0 Å². The monoisotopic (exact) mass is 226 g/mol. The van der Waals surface area contributed by atoms with E-state index in [0.29, 0.717) is 32.1 Å². The van der Waals surface area contributed by atoms with Crippen LogP contribution < -0.4 is 4.74 Å². The van der Waals surface area contributed by atoms with E-state index in [2.05, 4.69) is 9.97 Å². The van der Waals surface area contributed by atoms with Crippen molar-refractivity contribution in [2.24, 2.45) is 0 Å². The Morgan fingerprint density at radius 3 is 3.19 bits per heavy atom. The second kappa shape index (κ2) is 5.74. The summed E-state index contributed by atoms with van der Waals surface area (Å²) < 4.78 is 16.0. The lowest BCUT2D eigenvalue weighted by Gasteiger charge is -2.22. The quantitative estimate of drug-likeness (QED) is 0.764. The van der Waals surface area contributed by atoms with Crippen LogP contribution in [-0.2, 0) is 16.1 Å². The molecule has 1 fully saturated rings. The van der Waals surface area contributed by atoms with Gasteiger partial charge in [0.25, 0.3) is 0 Å². The van der Waals surface area contributed by atoms with E-state index in [1.807, 2.05) is 0 Å². The number of aliphatic hydroxyl groups is 1. The van der Waals surface area contributed by atoms with Gasteiger partial charge in [-0.25, -0.2) is 4.98 Å². The Hall–Kier alpha value is -1.24. The van der Waals surface area contributed by atoms with Gasteiger partial charge in [0.05, 0.1) is 32.1 Å². The predicted molar refractivity (Wildman–Crippen MR) is 54.0 cm³/mol. The van der Waals surface area contributed by atoms with Crippen LogP contribution >= 0.6 is 0 Å². The second-order valence-corrected chi connectivity index (χ2v) is 3.37. The number of hydrogen-bond donors (Lipinski definition) is 1. The van der Waals surface area contributed by atoms with Gasteiger partial charge in [-0.1, -0.05) is 0 Å². The lowest BCUT2D eigenvalue weighted by Crippen LogP contribution is -2.33. The summed E-state index contributed by atoms with van der Waals surface area (Å²) in [6.07, 6.45) is 1.47. The van der Waals surface area contributed by atoms with Crippen molar-refractivity contribution >= 4 is 0 Å². The third-order valence-corrected chi connectivity index (χ3v) is 2.14. The third-order valence-electron chi connectivity index (χ3n) is 2.14. The van der Waals surface area contributed by atoms with Crippen LogP contribution in [0, 0.1) is 0 Å². The van der Waals surface area contributed by atoms with Crippen molar-refractivity contribution in [1.29, 1.82) is 0 Å². The van der Waals surface area contributed by atoms with Crippen LogP contribution in [0.2, 0.25) is 0 Å². The molecular formula is C10H14N2O4. The van der Waals surface area contributed by atoms with E-state index in [9.17, 15) is 0 Å². The first kappa shape index (κ1) is 11.3. The Labute approximate surface area is 93.2 Å². The summed E-state index contributed by atoms with van der Waals surface area (Å²) in [7, 11) is 0. The molecule has 1 saturated heterocycles. The van der Waals surface area contributed by atoms with Crippen LogP contribution in [0.3, 0.4) is 0 Å². The van der Waals surface area contributed by atoms with E-state index >= 15 is 0 Å². The van der Waals surface area contributed by atoms with E-state index in [1.54, 1.807) is 12.3 Å². The van der Waals surface area contributed by atoms with E-state index < -0.39 is 0 Å². The molecule has 0 bridgehead atoms. The number of hydrogen-bond acceptors (Lipinski definition) is 6. The van der Waals surface area contributed by atoms with Crippen LogP contribution in [-0.4, -0.2) is 47.6 Å². The highest BCUT2D eigenvalue weighted by Gasteiger charge is 2.15. The normalized spacial score (nSPS) is 20.7. The smallest absolute Gasteiger partial charge is 0.316 e. The molecule has 6 nitrogen and oxygen atoms in total. The van der Waals surface area contributed by atoms with Crippen LogP contribution in [0.5, 0.6) is 6.01 Å². The Kier molecular flexibility index (Phi) is 4.03. The lowest BCUT2D eigenvalue weighted by atomic mass is 10.4. The van der Waals surface area contributed by atoms with Crippen molar-refractivity contribution in [3.63, 3.8) is 0 Å². The summed E-state index contributed by atoms with van der Waals surface area (Å²) in [5.41, 5.74) is 0.533. The molecule has 1 aromatic rings. The summed E-state index contributed by atoms with van der Waals surface area (Å²) in [6, 6.07) is 1.88. The van der Waals surface area contributed by atoms with Gasteiger partial charge in [0.2, 0.25) is 0 Å². The molecule has 1 atom stereocenters. The number of aromatic nitrogens is 2. The molecule has 0 amide bonds. The molecule has 1 aliphatic heterocycles. The number of ether oxygens (including phenoxy) is 3. The fourth-order valence-electron chi connectivity index (χ4n) is 1.33. The largest absolute Gasteiger partial charge is 0.461 e. The highest BCUT2D eigenvalue weighted by atomic mass is 16.6. The van der Waals surface area contributed by atoms with E-state index in [1.165, 1.54) is 0 Å². The molecule has 1 aromatic heterocycles. The molecule has 1 aliphatic rings. The molecule has 2 rings (SSSR count). The fraction of sp³-hybridized carbons (Fsp3) is 0.600. The van der Waals surface area contributed by atoms with Crippen molar-refractivity contribution in [2.75, 3.05) is 26.4 Å². The highest BCUT2D eigenvalue weighted by molar-refractivity contribution is 5.04. The maximum absolute atomic E-state index is 8.89. The van der Waals surface area contributed by atoms with Gasteiger partial charge in [0.1, 0.15) is 12.7 Å². The Morgan fingerprint density at radius 1 is 1.50 bits per heavy atom. The summed E-state index contributed by atoms with van der Waals surface area (Å²) in [4.78, 5) is 7.93. The molecule has 0 radical (unpaired) electrons. The lowest BCUT2D eigenvalue weighted by molar-refractivity contribution is -0.102. The summed E-state index contributed by atoms with van der Waals surface area (Å²) in [5.74, 6) is 0. The Morgan fingerprint density at radius 2 is 2.44 bits per heavy atom. The minimum Gasteiger partial charge on any atom is -0.461 e. The minimum absolute atomic E-state index is 0.0740. The SMILES string of the molecule is OCc1ccnc(OC[C@@H]2COCCO2)n1. The zero-order valence-electron chi connectivity index (χ0n) is 8.83. The Balaban J connectivity index is 1.83. The summed E-state index contributed by atoms with van der Waals surface area (Å²) in [6.45, 7) is 1.98. The second-order valence-electron chi connectivity index (χ2n) is 3.37. The molecule has 0 saturated carbocycles. The molecule has 6 heteroatoms. The number of aliphatic hydroxyl groups excluding tert-OH is 1. The standard InChI is InChI=1S/C10H14N2O4/c13-5-8-1-2-11-10(12-8)16-7-9-6-14-3-4-15-9/h1-2,9,13H,3-7H2/t9-/m0/s1. The van der Waals surface area contributed by atoms with Gasteiger partial charge in [-0.05, 0) is 6.07 Å².